The number of benzene rings is 1. The van der Waals surface area contributed by atoms with Gasteiger partial charge in [0.1, 0.15) is 5.82 Å². The molecule has 1 saturated heterocycles. The average molecular weight is 395 g/mol. The van der Waals surface area contributed by atoms with Crippen molar-refractivity contribution in [1.82, 2.24) is 10.2 Å². The van der Waals surface area contributed by atoms with Gasteiger partial charge in [-0.25, -0.2) is 9.18 Å². The minimum atomic E-state index is -0.344. The number of rotatable bonds is 7. The quantitative estimate of drug-likeness (QED) is 0.741. The third kappa shape index (κ3) is 5.35. The molecule has 1 heterocycles. The molecule has 158 valence electrons. The second-order valence-corrected chi connectivity index (χ2v) is 7.96. The number of likely N-dealkylation sites (N-methyl/N-ethyl adjacent to an activating group) is 1. The molecule has 0 bridgehead atoms. The second-order valence-electron chi connectivity index (χ2n) is 7.96. The first-order valence-corrected chi connectivity index (χ1v) is 10.1. The summed E-state index contributed by atoms with van der Waals surface area (Å²) >= 11 is 0. The minimum Gasteiger partial charge on any atom is -0.372 e. The molecule has 1 aliphatic rings. The fourth-order valence-corrected chi connectivity index (χ4v) is 3.93. The molecule has 0 spiro atoms. The van der Waals surface area contributed by atoms with E-state index in [2.05, 4.69) is 29.4 Å². The summed E-state index contributed by atoms with van der Waals surface area (Å²) in [6.07, 6.45) is 1.97. The molecule has 1 fully saturated rings. The Hall–Kier alpha value is -1.86. The lowest BCUT2D eigenvalue weighted by Crippen LogP contribution is -2.52. The zero-order chi connectivity index (χ0) is 20.9. The fourth-order valence-electron chi connectivity index (χ4n) is 3.93. The third-order valence-corrected chi connectivity index (χ3v) is 5.81. The summed E-state index contributed by atoms with van der Waals surface area (Å²) in [7, 11) is 4.04. The molecule has 0 radical (unpaired) electrons. The number of urea groups is 1. The van der Waals surface area contributed by atoms with Crippen LogP contribution in [-0.2, 0) is 4.74 Å². The summed E-state index contributed by atoms with van der Waals surface area (Å²) in [5.74, 6) is -0.344. The van der Waals surface area contributed by atoms with Gasteiger partial charge in [0, 0.05) is 30.9 Å². The highest BCUT2D eigenvalue weighted by Gasteiger charge is 2.29. The van der Waals surface area contributed by atoms with Crippen molar-refractivity contribution in [1.29, 1.82) is 0 Å². The zero-order valence-electron chi connectivity index (χ0n) is 18.0. The van der Waals surface area contributed by atoms with E-state index in [1.807, 2.05) is 32.8 Å². The first-order valence-electron chi connectivity index (χ1n) is 10.1. The average Bonchev–Trinajstić information content (AvgIpc) is 2.62. The molecule has 2 rings (SSSR count). The summed E-state index contributed by atoms with van der Waals surface area (Å²) in [5.41, 5.74) is 0.893. The van der Waals surface area contributed by atoms with Crippen molar-refractivity contribution in [3.8, 4) is 0 Å². The maximum absolute atomic E-state index is 14.7. The van der Waals surface area contributed by atoms with Gasteiger partial charge in [-0.05, 0) is 59.0 Å². The van der Waals surface area contributed by atoms with Crippen molar-refractivity contribution in [2.45, 2.75) is 58.3 Å². The van der Waals surface area contributed by atoms with Gasteiger partial charge < -0.3 is 25.2 Å². The summed E-state index contributed by atoms with van der Waals surface area (Å²) < 4.78 is 20.4. The van der Waals surface area contributed by atoms with Gasteiger partial charge in [0.05, 0.1) is 17.9 Å². The number of nitrogens with zero attached hydrogens (tertiary/aromatic N) is 2. The SMILES string of the molecule is CCC(CC)(CNC(=O)Nc1ccc(N2C[C@@H](C)O[C@H](C)C2)c(F)c1)N(C)C. The molecule has 7 heteroatoms. The van der Waals surface area contributed by atoms with Crippen LogP contribution in [0, 0.1) is 5.82 Å². The van der Waals surface area contributed by atoms with E-state index >= 15 is 0 Å². The fraction of sp³-hybridized carbons (Fsp3) is 0.667. The van der Waals surface area contributed by atoms with Gasteiger partial charge in [-0.15, -0.1) is 0 Å². The lowest BCUT2D eigenvalue weighted by atomic mass is 9.91. The Morgan fingerprint density at radius 2 is 1.86 bits per heavy atom. The lowest BCUT2D eigenvalue weighted by molar-refractivity contribution is -0.00539. The molecule has 0 unspecified atom stereocenters. The number of morpholine rings is 1. The van der Waals surface area contributed by atoms with Crippen LogP contribution in [0.4, 0.5) is 20.6 Å². The Kier molecular flexibility index (Phi) is 7.66. The Morgan fingerprint density at radius 1 is 1.25 bits per heavy atom. The molecular weight excluding hydrogens is 359 g/mol. The van der Waals surface area contributed by atoms with E-state index in [0.29, 0.717) is 31.0 Å². The van der Waals surface area contributed by atoms with Crippen LogP contribution in [0.2, 0.25) is 0 Å². The van der Waals surface area contributed by atoms with Crippen LogP contribution in [0.3, 0.4) is 0 Å². The van der Waals surface area contributed by atoms with Crippen molar-refractivity contribution >= 4 is 17.4 Å². The Bertz CT molecular complexity index is 654. The number of ether oxygens (including phenoxy) is 1. The van der Waals surface area contributed by atoms with E-state index < -0.39 is 0 Å². The minimum absolute atomic E-state index is 0.0563. The Morgan fingerprint density at radius 3 is 2.36 bits per heavy atom. The standard InChI is InChI=1S/C21H35FN4O2/c1-7-21(8-2,25(5)6)14-23-20(27)24-17-9-10-19(18(22)11-17)26-12-15(3)28-16(4)13-26/h9-11,15-16H,7-8,12-14H2,1-6H3,(H2,23,24,27)/t15-,16-/m1/s1. The summed E-state index contributed by atoms with van der Waals surface area (Å²) in [5, 5.41) is 5.66. The van der Waals surface area contributed by atoms with E-state index in [1.54, 1.807) is 12.1 Å². The highest BCUT2D eigenvalue weighted by atomic mass is 19.1. The van der Waals surface area contributed by atoms with Crippen LogP contribution in [0.15, 0.2) is 18.2 Å². The van der Waals surface area contributed by atoms with Gasteiger partial charge in [-0.3, -0.25) is 0 Å². The highest BCUT2D eigenvalue weighted by Crippen LogP contribution is 2.26. The molecule has 0 aromatic heterocycles. The van der Waals surface area contributed by atoms with E-state index in [9.17, 15) is 9.18 Å². The molecule has 1 aromatic rings. The molecule has 0 aliphatic carbocycles. The van der Waals surface area contributed by atoms with E-state index in [-0.39, 0.29) is 29.6 Å². The number of halogens is 1. The number of carbonyl (C=O) groups is 1. The normalized spacial score (nSPS) is 20.4. The van der Waals surface area contributed by atoms with E-state index in [0.717, 1.165) is 12.8 Å². The number of carbonyl (C=O) groups excluding carboxylic acids is 1. The van der Waals surface area contributed by atoms with Gasteiger partial charge in [0.2, 0.25) is 0 Å². The van der Waals surface area contributed by atoms with Crippen LogP contribution in [0.1, 0.15) is 40.5 Å². The molecule has 6 nitrogen and oxygen atoms in total. The topological polar surface area (TPSA) is 56.8 Å². The van der Waals surface area contributed by atoms with Gasteiger partial charge in [-0.2, -0.15) is 0 Å². The molecule has 2 atom stereocenters. The number of amides is 2. The molecule has 28 heavy (non-hydrogen) atoms. The molecule has 2 amide bonds. The highest BCUT2D eigenvalue weighted by molar-refractivity contribution is 5.89. The monoisotopic (exact) mass is 394 g/mol. The van der Waals surface area contributed by atoms with Crippen LogP contribution in [-0.4, -0.2) is 62.4 Å². The largest absolute Gasteiger partial charge is 0.372 e. The first kappa shape index (κ1) is 22.4. The van der Waals surface area contributed by atoms with Crippen molar-refractivity contribution in [2.75, 3.05) is 43.9 Å². The first-order chi connectivity index (χ1) is 13.2. The van der Waals surface area contributed by atoms with E-state index in [4.69, 9.17) is 4.74 Å². The number of hydrogen-bond acceptors (Lipinski definition) is 4. The second kappa shape index (κ2) is 9.56. The van der Waals surface area contributed by atoms with E-state index in [1.165, 1.54) is 6.07 Å². The van der Waals surface area contributed by atoms with Gasteiger partial charge >= 0.3 is 6.03 Å². The third-order valence-electron chi connectivity index (χ3n) is 5.81. The summed E-state index contributed by atoms with van der Waals surface area (Å²) in [4.78, 5) is 16.4. The zero-order valence-corrected chi connectivity index (χ0v) is 18.0. The molecule has 1 aromatic carbocycles. The van der Waals surface area contributed by atoms with Crippen LogP contribution < -0.4 is 15.5 Å². The van der Waals surface area contributed by atoms with Crippen LogP contribution >= 0.6 is 0 Å². The molecule has 0 saturated carbocycles. The Balaban J connectivity index is 1.99. The van der Waals surface area contributed by atoms with Gasteiger partial charge in [-0.1, -0.05) is 13.8 Å². The smallest absolute Gasteiger partial charge is 0.319 e. The van der Waals surface area contributed by atoms with Crippen molar-refractivity contribution in [3.63, 3.8) is 0 Å². The van der Waals surface area contributed by atoms with Gasteiger partial charge in [0.15, 0.2) is 0 Å². The molecule has 2 N–H and O–H groups in total. The van der Waals surface area contributed by atoms with Crippen molar-refractivity contribution in [3.05, 3.63) is 24.0 Å². The van der Waals surface area contributed by atoms with Crippen molar-refractivity contribution < 1.29 is 13.9 Å². The number of hydrogen-bond donors (Lipinski definition) is 2. The van der Waals surface area contributed by atoms with Crippen molar-refractivity contribution in [2.24, 2.45) is 0 Å². The predicted octanol–water partition coefficient (Wildman–Crippen LogP) is 3.68. The number of nitrogens with one attached hydrogen (secondary N) is 2. The lowest BCUT2D eigenvalue weighted by Gasteiger charge is -2.38. The maximum atomic E-state index is 14.7. The number of anilines is 2. The molecule has 1 aliphatic heterocycles. The predicted molar refractivity (Wildman–Crippen MR) is 113 cm³/mol. The van der Waals surface area contributed by atoms with Crippen LogP contribution in [0.25, 0.3) is 0 Å². The molecular formula is C21H35FN4O2. The summed E-state index contributed by atoms with van der Waals surface area (Å²) in [6.45, 7) is 10.0. The Labute approximate surface area is 168 Å². The summed E-state index contributed by atoms with van der Waals surface area (Å²) in [6, 6.07) is 4.51. The maximum Gasteiger partial charge on any atom is 0.319 e. The van der Waals surface area contributed by atoms with Crippen LogP contribution in [0.5, 0.6) is 0 Å². The van der Waals surface area contributed by atoms with Gasteiger partial charge in [0.25, 0.3) is 0 Å².